The summed E-state index contributed by atoms with van der Waals surface area (Å²) in [6.45, 7) is 3.16. The maximum absolute atomic E-state index is 10.4. The SMILES string of the molecule is CN1CCCC(NCC2(O)CCCCC2)C1. The highest BCUT2D eigenvalue weighted by atomic mass is 16.3. The monoisotopic (exact) mass is 226 g/mol. The Balaban J connectivity index is 1.73. The van der Waals surface area contributed by atoms with E-state index in [4.69, 9.17) is 0 Å². The molecule has 94 valence electrons. The lowest BCUT2D eigenvalue weighted by molar-refractivity contribution is 0.000689. The van der Waals surface area contributed by atoms with Crippen LogP contribution in [0.3, 0.4) is 0 Å². The van der Waals surface area contributed by atoms with E-state index >= 15 is 0 Å². The molecule has 0 aromatic carbocycles. The molecular formula is C13H26N2O. The average Bonchev–Trinajstić information content (AvgIpc) is 2.28. The molecule has 0 aromatic heterocycles. The highest BCUT2D eigenvalue weighted by Gasteiger charge is 2.30. The zero-order valence-corrected chi connectivity index (χ0v) is 10.5. The van der Waals surface area contributed by atoms with Crippen molar-refractivity contribution < 1.29 is 5.11 Å². The first-order valence-electron chi connectivity index (χ1n) is 6.82. The number of aliphatic hydroxyl groups is 1. The first-order chi connectivity index (χ1) is 7.68. The molecule has 2 N–H and O–H groups in total. The Labute approximate surface area is 99.2 Å². The van der Waals surface area contributed by atoms with Gasteiger partial charge in [0, 0.05) is 19.1 Å². The first-order valence-corrected chi connectivity index (χ1v) is 6.82. The Kier molecular flexibility index (Phi) is 4.22. The van der Waals surface area contributed by atoms with E-state index in [1.807, 2.05) is 0 Å². The van der Waals surface area contributed by atoms with Gasteiger partial charge in [0.2, 0.25) is 0 Å². The Morgan fingerprint density at radius 2 is 2.00 bits per heavy atom. The van der Waals surface area contributed by atoms with Gasteiger partial charge in [0.1, 0.15) is 0 Å². The average molecular weight is 226 g/mol. The summed E-state index contributed by atoms with van der Waals surface area (Å²) < 4.78 is 0. The Bertz CT molecular complexity index is 214. The summed E-state index contributed by atoms with van der Waals surface area (Å²) in [7, 11) is 2.18. The third-order valence-electron chi connectivity index (χ3n) is 4.13. The maximum atomic E-state index is 10.4. The van der Waals surface area contributed by atoms with E-state index in [0.29, 0.717) is 6.04 Å². The van der Waals surface area contributed by atoms with Crippen LogP contribution in [0.2, 0.25) is 0 Å². The number of rotatable bonds is 3. The van der Waals surface area contributed by atoms with Crippen molar-refractivity contribution in [3.05, 3.63) is 0 Å². The summed E-state index contributed by atoms with van der Waals surface area (Å²) in [6.07, 6.45) is 8.22. The van der Waals surface area contributed by atoms with Crippen molar-refractivity contribution in [3.63, 3.8) is 0 Å². The standard InChI is InChI=1S/C13H26N2O/c1-15-9-5-6-12(10-15)14-11-13(16)7-3-2-4-8-13/h12,14,16H,2-11H2,1H3. The number of hydrogen-bond donors (Lipinski definition) is 2. The highest BCUT2D eigenvalue weighted by molar-refractivity contribution is 4.87. The molecule has 1 atom stereocenters. The summed E-state index contributed by atoms with van der Waals surface area (Å²) in [5, 5.41) is 14.0. The van der Waals surface area contributed by atoms with Crippen LogP contribution >= 0.6 is 0 Å². The van der Waals surface area contributed by atoms with E-state index in [-0.39, 0.29) is 0 Å². The van der Waals surface area contributed by atoms with Gasteiger partial charge in [-0.15, -0.1) is 0 Å². The second-order valence-corrected chi connectivity index (χ2v) is 5.77. The fourth-order valence-corrected chi connectivity index (χ4v) is 3.05. The molecule has 0 amide bonds. The number of nitrogens with one attached hydrogen (secondary N) is 1. The molecule has 1 saturated carbocycles. The molecule has 16 heavy (non-hydrogen) atoms. The minimum Gasteiger partial charge on any atom is -0.389 e. The van der Waals surface area contributed by atoms with Crippen molar-refractivity contribution in [2.24, 2.45) is 0 Å². The van der Waals surface area contributed by atoms with Gasteiger partial charge in [-0.1, -0.05) is 19.3 Å². The first kappa shape index (κ1) is 12.3. The second kappa shape index (κ2) is 5.48. The van der Waals surface area contributed by atoms with Gasteiger partial charge in [0.25, 0.3) is 0 Å². The van der Waals surface area contributed by atoms with E-state index in [1.54, 1.807) is 0 Å². The van der Waals surface area contributed by atoms with Crippen molar-refractivity contribution in [3.8, 4) is 0 Å². The van der Waals surface area contributed by atoms with Gasteiger partial charge >= 0.3 is 0 Å². The van der Waals surface area contributed by atoms with Gasteiger partial charge in [-0.2, -0.15) is 0 Å². The molecular weight excluding hydrogens is 200 g/mol. The van der Waals surface area contributed by atoms with Crippen molar-refractivity contribution in [1.82, 2.24) is 10.2 Å². The van der Waals surface area contributed by atoms with Crippen molar-refractivity contribution in [2.45, 2.75) is 56.6 Å². The van der Waals surface area contributed by atoms with E-state index in [1.165, 1.54) is 38.6 Å². The molecule has 3 nitrogen and oxygen atoms in total. The topological polar surface area (TPSA) is 35.5 Å². The minimum absolute atomic E-state index is 0.408. The molecule has 0 radical (unpaired) electrons. The summed E-state index contributed by atoms with van der Waals surface area (Å²) >= 11 is 0. The summed E-state index contributed by atoms with van der Waals surface area (Å²) in [5.74, 6) is 0. The van der Waals surface area contributed by atoms with Crippen LogP contribution in [0.5, 0.6) is 0 Å². The van der Waals surface area contributed by atoms with Crippen molar-refractivity contribution in [2.75, 3.05) is 26.7 Å². The Morgan fingerprint density at radius 1 is 1.25 bits per heavy atom. The van der Waals surface area contributed by atoms with Crippen molar-refractivity contribution >= 4 is 0 Å². The molecule has 1 aliphatic carbocycles. The van der Waals surface area contributed by atoms with Crippen LogP contribution in [0, 0.1) is 0 Å². The molecule has 2 aliphatic rings. The third kappa shape index (κ3) is 3.44. The van der Waals surface area contributed by atoms with Crippen LogP contribution in [-0.2, 0) is 0 Å². The van der Waals surface area contributed by atoms with Gasteiger partial charge in [0.05, 0.1) is 5.60 Å². The molecule has 1 saturated heterocycles. The van der Waals surface area contributed by atoms with Crippen LogP contribution in [0.1, 0.15) is 44.9 Å². The summed E-state index contributed by atoms with van der Waals surface area (Å²) in [4.78, 5) is 2.38. The van der Waals surface area contributed by atoms with Crippen LogP contribution in [-0.4, -0.2) is 48.3 Å². The number of nitrogens with zero attached hydrogens (tertiary/aromatic N) is 1. The number of likely N-dealkylation sites (tertiary alicyclic amines) is 1. The molecule has 1 heterocycles. The lowest BCUT2D eigenvalue weighted by Crippen LogP contribution is -2.50. The molecule has 2 fully saturated rings. The zero-order valence-electron chi connectivity index (χ0n) is 10.5. The predicted octanol–water partition coefficient (Wildman–Crippen LogP) is 1.37. The smallest absolute Gasteiger partial charge is 0.0771 e. The van der Waals surface area contributed by atoms with E-state index < -0.39 is 5.60 Å². The predicted molar refractivity (Wildman–Crippen MR) is 66.6 cm³/mol. The number of likely N-dealkylation sites (N-methyl/N-ethyl adjacent to an activating group) is 1. The van der Waals surface area contributed by atoms with E-state index in [0.717, 1.165) is 25.9 Å². The molecule has 1 aliphatic heterocycles. The van der Waals surface area contributed by atoms with Crippen LogP contribution in [0.4, 0.5) is 0 Å². The molecule has 0 aromatic rings. The van der Waals surface area contributed by atoms with Crippen LogP contribution < -0.4 is 5.32 Å². The lowest BCUT2D eigenvalue weighted by Gasteiger charge is -2.36. The fraction of sp³-hybridized carbons (Fsp3) is 1.00. The molecule has 3 heteroatoms. The fourth-order valence-electron chi connectivity index (χ4n) is 3.05. The lowest BCUT2D eigenvalue weighted by atomic mass is 9.84. The van der Waals surface area contributed by atoms with E-state index in [2.05, 4.69) is 17.3 Å². The number of hydrogen-bond acceptors (Lipinski definition) is 3. The largest absolute Gasteiger partial charge is 0.389 e. The molecule has 1 unspecified atom stereocenters. The molecule has 2 rings (SSSR count). The van der Waals surface area contributed by atoms with Gasteiger partial charge < -0.3 is 15.3 Å². The summed E-state index contributed by atoms with van der Waals surface area (Å²) in [6, 6.07) is 0.588. The second-order valence-electron chi connectivity index (χ2n) is 5.77. The zero-order chi connectivity index (χ0) is 11.4. The van der Waals surface area contributed by atoms with E-state index in [9.17, 15) is 5.11 Å². The van der Waals surface area contributed by atoms with Gasteiger partial charge in [0.15, 0.2) is 0 Å². The quantitative estimate of drug-likeness (QED) is 0.763. The maximum Gasteiger partial charge on any atom is 0.0771 e. The van der Waals surface area contributed by atoms with Gasteiger partial charge in [-0.3, -0.25) is 0 Å². The van der Waals surface area contributed by atoms with Crippen LogP contribution in [0.15, 0.2) is 0 Å². The third-order valence-corrected chi connectivity index (χ3v) is 4.13. The minimum atomic E-state index is -0.408. The Morgan fingerprint density at radius 3 is 2.69 bits per heavy atom. The Hall–Kier alpha value is -0.120. The normalized spacial score (nSPS) is 31.5. The summed E-state index contributed by atoms with van der Waals surface area (Å²) in [5.41, 5.74) is -0.408. The van der Waals surface area contributed by atoms with Gasteiger partial charge in [-0.05, 0) is 39.3 Å². The van der Waals surface area contributed by atoms with Crippen LogP contribution in [0.25, 0.3) is 0 Å². The number of piperidine rings is 1. The highest BCUT2D eigenvalue weighted by Crippen LogP contribution is 2.27. The van der Waals surface area contributed by atoms with Gasteiger partial charge in [-0.25, -0.2) is 0 Å². The molecule has 0 spiro atoms. The van der Waals surface area contributed by atoms with Crippen molar-refractivity contribution in [1.29, 1.82) is 0 Å². The molecule has 0 bridgehead atoms.